The Morgan fingerprint density at radius 2 is 2.08 bits per heavy atom. The van der Waals surface area contributed by atoms with Gasteiger partial charge in [-0.05, 0) is 49.1 Å². The first-order valence-electron chi connectivity index (χ1n) is 8.19. The largest absolute Gasteiger partial charge is 0.439 e. The zero-order chi connectivity index (χ0) is 17.5. The number of aromatic nitrogens is 1. The molecule has 2 rings (SSSR count). The van der Waals surface area contributed by atoms with E-state index in [1.165, 1.54) is 18.2 Å². The van der Waals surface area contributed by atoms with Crippen molar-refractivity contribution in [1.82, 2.24) is 10.3 Å². The summed E-state index contributed by atoms with van der Waals surface area (Å²) < 4.78 is 5.77. The van der Waals surface area contributed by atoms with E-state index >= 15 is 0 Å². The third-order valence-corrected chi connectivity index (χ3v) is 3.70. The Kier molecular flexibility index (Phi) is 6.32. The number of rotatable bonds is 8. The van der Waals surface area contributed by atoms with Crippen LogP contribution in [0.15, 0.2) is 36.5 Å². The molecule has 0 unspecified atom stereocenters. The first-order chi connectivity index (χ1) is 11.5. The highest BCUT2D eigenvalue weighted by Gasteiger charge is 2.06. The maximum absolute atomic E-state index is 11.0. The summed E-state index contributed by atoms with van der Waals surface area (Å²) in [7, 11) is 0. The molecule has 1 aromatic carbocycles. The fourth-order valence-electron chi connectivity index (χ4n) is 2.26. The van der Waals surface area contributed by atoms with Crippen LogP contribution in [0.3, 0.4) is 0 Å². The van der Waals surface area contributed by atoms with Crippen molar-refractivity contribution in [2.75, 3.05) is 6.54 Å². The van der Waals surface area contributed by atoms with Gasteiger partial charge in [-0.2, -0.15) is 0 Å². The first kappa shape index (κ1) is 17.9. The standard InChI is InChI=1S/C19H25N3O2/c1-13(2)8-9-21-11-15-4-6-17(14(3)10-15)24-18-7-5-16(12-22-18)19(20)23/h4-7,10,12-13,21H,8-9,11H2,1-3H3,(H2,20,23). The quantitative estimate of drug-likeness (QED) is 0.728. The van der Waals surface area contributed by atoms with Gasteiger partial charge in [0.15, 0.2) is 0 Å². The molecule has 1 heterocycles. The molecule has 0 atom stereocenters. The van der Waals surface area contributed by atoms with Gasteiger partial charge in [-0.1, -0.05) is 26.0 Å². The van der Waals surface area contributed by atoms with Gasteiger partial charge in [0.05, 0.1) is 5.56 Å². The summed E-state index contributed by atoms with van der Waals surface area (Å²) in [5.41, 5.74) is 7.82. The van der Waals surface area contributed by atoms with Crippen molar-refractivity contribution in [2.24, 2.45) is 11.7 Å². The van der Waals surface area contributed by atoms with Crippen LogP contribution < -0.4 is 15.8 Å². The summed E-state index contributed by atoms with van der Waals surface area (Å²) in [6.07, 6.45) is 2.59. The SMILES string of the molecule is Cc1cc(CNCCC(C)C)ccc1Oc1ccc(C(N)=O)cn1. The van der Waals surface area contributed by atoms with Gasteiger partial charge in [-0.3, -0.25) is 4.79 Å². The predicted molar refractivity (Wildman–Crippen MR) is 95.2 cm³/mol. The molecular formula is C19H25N3O2. The number of hydrogen-bond acceptors (Lipinski definition) is 4. The highest BCUT2D eigenvalue weighted by Crippen LogP contribution is 2.24. The summed E-state index contributed by atoms with van der Waals surface area (Å²) in [6.45, 7) is 8.32. The Bertz CT molecular complexity index is 682. The number of carbonyl (C=O) groups is 1. The van der Waals surface area contributed by atoms with Crippen molar-refractivity contribution in [1.29, 1.82) is 0 Å². The minimum Gasteiger partial charge on any atom is -0.439 e. The number of pyridine rings is 1. The van der Waals surface area contributed by atoms with Gasteiger partial charge < -0.3 is 15.8 Å². The maximum atomic E-state index is 11.0. The second-order valence-corrected chi connectivity index (χ2v) is 6.31. The molecule has 0 saturated heterocycles. The third-order valence-electron chi connectivity index (χ3n) is 3.70. The van der Waals surface area contributed by atoms with E-state index in [4.69, 9.17) is 10.5 Å². The average molecular weight is 327 g/mol. The molecule has 3 N–H and O–H groups in total. The second-order valence-electron chi connectivity index (χ2n) is 6.31. The molecular weight excluding hydrogens is 302 g/mol. The molecule has 0 aliphatic heterocycles. The van der Waals surface area contributed by atoms with E-state index in [0.29, 0.717) is 17.4 Å². The fraction of sp³-hybridized carbons (Fsp3) is 0.368. The Balaban J connectivity index is 1.95. The predicted octanol–water partition coefficient (Wildman–Crippen LogP) is 3.42. The normalized spacial score (nSPS) is 10.8. The van der Waals surface area contributed by atoms with Crippen LogP contribution in [0.5, 0.6) is 11.6 Å². The maximum Gasteiger partial charge on any atom is 0.250 e. The molecule has 1 amide bonds. The second kappa shape index (κ2) is 8.45. The lowest BCUT2D eigenvalue weighted by molar-refractivity contribution is 0.1000. The number of nitrogens with zero attached hydrogens (tertiary/aromatic N) is 1. The number of nitrogens with one attached hydrogen (secondary N) is 1. The third kappa shape index (κ3) is 5.35. The Morgan fingerprint density at radius 1 is 1.29 bits per heavy atom. The average Bonchev–Trinajstić information content (AvgIpc) is 2.54. The van der Waals surface area contributed by atoms with Crippen LogP contribution in [-0.4, -0.2) is 17.4 Å². The van der Waals surface area contributed by atoms with Gasteiger partial charge in [-0.15, -0.1) is 0 Å². The number of benzene rings is 1. The van der Waals surface area contributed by atoms with Gasteiger partial charge in [-0.25, -0.2) is 4.98 Å². The summed E-state index contributed by atoms with van der Waals surface area (Å²) in [5.74, 6) is 1.40. The van der Waals surface area contributed by atoms with Gasteiger partial charge >= 0.3 is 0 Å². The summed E-state index contributed by atoms with van der Waals surface area (Å²) in [6, 6.07) is 9.34. The molecule has 5 heteroatoms. The van der Waals surface area contributed by atoms with Crippen molar-refractivity contribution in [3.8, 4) is 11.6 Å². The lowest BCUT2D eigenvalue weighted by Gasteiger charge is -2.11. The number of nitrogens with two attached hydrogens (primary N) is 1. The van der Waals surface area contributed by atoms with Gasteiger partial charge in [0.1, 0.15) is 5.75 Å². The molecule has 0 radical (unpaired) electrons. The van der Waals surface area contributed by atoms with Crippen LogP contribution in [-0.2, 0) is 6.54 Å². The highest BCUT2D eigenvalue weighted by molar-refractivity contribution is 5.92. The molecule has 2 aromatic rings. The van der Waals surface area contributed by atoms with E-state index in [1.807, 2.05) is 19.1 Å². The van der Waals surface area contributed by atoms with E-state index in [2.05, 4.69) is 30.2 Å². The van der Waals surface area contributed by atoms with E-state index in [-0.39, 0.29) is 0 Å². The number of hydrogen-bond donors (Lipinski definition) is 2. The van der Waals surface area contributed by atoms with Gasteiger partial charge in [0.2, 0.25) is 11.8 Å². The highest BCUT2D eigenvalue weighted by atomic mass is 16.5. The first-order valence-corrected chi connectivity index (χ1v) is 8.19. The van der Waals surface area contributed by atoms with E-state index in [0.717, 1.165) is 24.4 Å². The van der Waals surface area contributed by atoms with Crippen LogP contribution in [0.2, 0.25) is 0 Å². The Labute approximate surface area is 143 Å². The lowest BCUT2D eigenvalue weighted by atomic mass is 10.1. The number of amides is 1. The Morgan fingerprint density at radius 3 is 2.67 bits per heavy atom. The van der Waals surface area contributed by atoms with Crippen molar-refractivity contribution < 1.29 is 9.53 Å². The van der Waals surface area contributed by atoms with Gasteiger partial charge in [0, 0.05) is 18.8 Å². The van der Waals surface area contributed by atoms with E-state index in [9.17, 15) is 4.79 Å². The number of carbonyl (C=O) groups excluding carboxylic acids is 1. The summed E-state index contributed by atoms with van der Waals surface area (Å²) in [5, 5.41) is 3.45. The zero-order valence-corrected chi connectivity index (χ0v) is 14.5. The molecule has 0 saturated carbocycles. The van der Waals surface area contributed by atoms with E-state index in [1.54, 1.807) is 12.1 Å². The minimum absolute atomic E-state index is 0.363. The van der Waals surface area contributed by atoms with E-state index < -0.39 is 5.91 Å². The summed E-state index contributed by atoms with van der Waals surface area (Å²) >= 11 is 0. The van der Waals surface area contributed by atoms with Crippen molar-refractivity contribution in [3.63, 3.8) is 0 Å². The van der Waals surface area contributed by atoms with Gasteiger partial charge in [0.25, 0.3) is 0 Å². The lowest BCUT2D eigenvalue weighted by Crippen LogP contribution is -2.16. The minimum atomic E-state index is -0.500. The molecule has 1 aromatic heterocycles. The number of aryl methyl sites for hydroxylation is 1. The topological polar surface area (TPSA) is 77.2 Å². The number of ether oxygens (including phenoxy) is 1. The molecule has 0 fully saturated rings. The van der Waals surface area contributed by atoms with Crippen molar-refractivity contribution in [3.05, 3.63) is 53.2 Å². The van der Waals surface area contributed by atoms with Crippen molar-refractivity contribution >= 4 is 5.91 Å². The fourth-order valence-corrected chi connectivity index (χ4v) is 2.26. The van der Waals surface area contributed by atoms with Crippen LogP contribution in [0.25, 0.3) is 0 Å². The van der Waals surface area contributed by atoms with Crippen molar-refractivity contribution in [2.45, 2.75) is 33.7 Å². The van der Waals surface area contributed by atoms with Crippen LogP contribution in [0.4, 0.5) is 0 Å². The molecule has 0 spiro atoms. The molecule has 5 nitrogen and oxygen atoms in total. The van der Waals surface area contributed by atoms with Crippen LogP contribution in [0, 0.1) is 12.8 Å². The van der Waals surface area contributed by atoms with Crippen LogP contribution >= 0.6 is 0 Å². The molecule has 24 heavy (non-hydrogen) atoms. The molecule has 128 valence electrons. The molecule has 0 bridgehead atoms. The molecule has 0 aliphatic rings. The zero-order valence-electron chi connectivity index (χ0n) is 14.5. The summed E-state index contributed by atoms with van der Waals surface area (Å²) in [4.78, 5) is 15.1. The smallest absolute Gasteiger partial charge is 0.250 e. The van der Waals surface area contributed by atoms with Crippen LogP contribution in [0.1, 0.15) is 41.8 Å². The Hall–Kier alpha value is -2.40. The molecule has 0 aliphatic carbocycles. The monoisotopic (exact) mass is 327 g/mol. The number of primary amides is 1.